The van der Waals surface area contributed by atoms with Crippen molar-refractivity contribution in [3.05, 3.63) is 30.3 Å². The van der Waals surface area contributed by atoms with E-state index in [4.69, 9.17) is 4.74 Å². The van der Waals surface area contributed by atoms with E-state index < -0.39 is 0 Å². The fourth-order valence-electron chi connectivity index (χ4n) is 2.49. The number of benzene rings is 1. The first-order chi connectivity index (χ1) is 8.88. The molecule has 1 saturated carbocycles. The Bertz CT molecular complexity index is 331. The maximum absolute atomic E-state index is 5.45. The number of rotatable bonds is 6. The van der Waals surface area contributed by atoms with Crippen molar-refractivity contribution in [1.82, 2.24) is 5.32 Å². The van der Waals surface area contributed by atoms with Crippen LogP contribution >= 0.6 is 11.8 Å². The zero-order valence-corrected chi connectivity index (χ0v) is 11.9. The second-order valence-electron chi connectivity index (χ2n) is 4.84. The van der Waals surface area contributed by atoms with E-state index in [0.29, 0.717) is 12.1 Å². The van der Waals surface area contributed by atoms with Gasteiger partial charge in [-0.25, -0.2) is 0 Å². The first-order valence-corrected chi connectivity index (χ1v) is 7.81. The lowest BCUT2D eigenvalue weighted by Crippen LogP contribution is -2.37. The predicted octanol–water partition coefficient (Wildman–Crippen LogP) is 3.33. The van der Waals surface area contributed by atoms with Crippen LogP contribution in [0.4, 0.5) is 0 Å². The molecular weight excluding hydrogens is 242 g/mol. The monoisotopic (exact) mass is 265 g/mol. The summed E-state index contributed by atoms with van der Waals surface area (Å²) in [5, 5.41) is 3.66. The summed E-state index contributed by atoms with van der Waals surface area (Å²) < 4.78 is 5.45. The van der Waals surface area contributed by atoms with Crippen molar-refractivity contribution in [2.75, 3.05) is 19.4 Å². The highest BCUT2D eigenvalue weighted by atomic mass is 32.2. The lowest BCUT2D eigenvalue weighted by molar-refractivity contribution is 0.0592. The molecule has 0 heterocycles. The lowest BCUT2D eigenvalue weighted by Gasteiger charge is -2.28. The molecule has 0 saturated heterocycles. The molecule has 1 N–H and O–H groups in total. The van der Waals surface area contributed by atoms with E-state index in [0.717, 1.165) is 12.3 Å². The van der Waals surface area contributed by atoms with Crippen molar-refractivity contribution < 1.29 is 4.74 Å². The summed E-state index contributed by atoms with van der Waals surface area (Å²) in [6.45, 7) is 1.08. The van der Waals surface area contributed by atoms with Crippen LogP contribution in [0.1, 0.15) is 25.7 Å². The third-order valence-corrected chi connectivity index (χ3v) is 4.52. The average molecular weight is 265 g/mol. The van der Waals surface area contributed by atoms with Crippen LogP contribution in [0, 0.1) is 0 Å². The van der Waals surface area contributed by atoms with E-state index >= 15 is 0 Å². The summed E-state index contributed by atoms with van der Waals surface area (Å²) in [6.07, 6.45) is 5.47. The summed E-state index contributed by atoms with van der Waals surface area (Å²) in [5.74, 6) is 1.14. The molecule has 2 nitrogen and oxygen atoms in total. The normalized spacial score (nSPS) is 24.1. The zero-order chi connectivity index (χ0) is 12.6. The van der Waals surface area contributed by atoms with Gasteiger partial charge in [0.15, 0.2) is 0 Å². The second kappa shape index (κ2) is 7.82. The minimum Gasteiger partial charge on any atom is -0.381 e. The SMILES string of the molecule is COC1CCCC(NCCSc2ccccc2)C1. The van der Waals surface area contributed by atoms with E-state index in [1.54, 1.807) is 0 Å². The van der Waals surface area contributed by atoms with Gasteiger partial charge in [0, 0.05) is 30.3 Å². The second-order valence-corrected chi connectivity index (χ2v) is 6.01. The summed E-state index contributed by atoms with van der Waals surface area (Å²) in [4.78, 5) is 1.36. The van der Waals surface area contributed by atoms with E-state index in [2.05, 4.69) is 35.6 Å². The molecule has 2 rings (SSSR count). The number of methoxy groups -OCH3 is 1. The molecule has 18 heavy (non-hydrogen) atoms. The van der Waals surface area contributed by atoms with Gasteiger partial charge in [-0.05, 0) is 37.8 Å². The van der Waals surface area contributed by atoms with Crippen LogP contribution < -0.4 is 5.32 Å². The van der Waals surface area contributed by atoms with E-state index in [-0.39, 0.29) is 0 Å². The largest absolute Gasteiger partial charge is 0.381 e. The van der Waals surface area contributed by atoms with Gasteiger partial charge >= 0.3 is 0 Å². The Labute approximate surface area is 114 Å². The van der Waals surface area contributed by atoms with Gasteiger partial charge < -0.3 is 10.1 Å². The van der Waals surface area contributed by atoms with Crippen LogP contribution in [0.25, 0.3) is 0 Å². The molecule has 0 aliphatic heterocycles. The Morgan fingerprint density at radius 3 is 2.89 bits per heavy atom. The smallest absolute Gasteiger partial charge is 0.0586 e. The predicted molar refractivity (Wildman–Crippen MR) is 78.2 cm³/mol. The topological polar surface area (TPSA) is 21.3 Å². The summed E-state index contributed by atoms with van der Waals surface area (Å²) >= 11 is 1.92. The van der Waals surface area contributed by atoms with Crippen LogP contribution in [0.2, 0.25) is 0 Å². The fraction of sp³-hybridized carbons (Fsp3) is 0.600. The first kappa shape index (κ1) is 13.9. The maximum Gasteiger partial charge on any atom is 0.0586 e. The highest BCUT2D eigenvalue weighted by Gasteiger charge is 2.20. The Morgan fingerprint density at radius 1 is 1.28 bits per heavy atom. The average Bonchev–Trinajstić information content (AvgIpc) is 2.45. The minimum atomic E-state index is 0.470. The molecule has 2 unspecified atom stereocenters. The Morgan fingerprint density at radius 2 is 2.11 bits per heavy atom. The van der Waals surface area contributed by atoms with Gasteiger partial charge in [-0.3, -0.25) is 0 Å². The highest BCUT2D eigenvalue weighted by molar-refractivity contribution is 7.99. The van der Waals surface area contributed by atoms with Crippen LogP contribution in [-0.2, 0) is 4.74 Å². The maximum atomic E-state index is 5.45. The van der Waals surface area contributed by atoms with Crippen molar-refractivity contribution in [2.45, 2.75) is 42.7 Å². The first-order valence-electron chi connectivity index (χ1n) is 6.82. The molecule has 1 aliphatic carbocycles. The van der Waals surface area contributed by atoms with Crippen LogP contribution in [0.15, 0.2) is 35.2 Å². The van der Waals surface area contributed by atoms with Gasteiger partial charge in [0.05, 0.1) is 6.10 Å². The molecule has 3 heteroatoms. The molecule has 0 bridgehead atoms. The van der Waals surface area contributed by atoms with Crippen LogP contribution in [0.5, 0.6) is 0 Å². The van der Waals surface area contributed by atoms with Gasteiger partial charge in [-0.2, -0.15) is 0 Å². The van der Waals surface area contributed by atoms with Gasteiger partial charge in [0.25, 0.3) is 0 Å². The molecule has 2 atom stereocenters. The minimum absolute atomic E-state index is 0.470. The molecule has 100 valence electrons. The Balaban J connectivity index is 1.60. The van der Waals surface area contributed by atoms with Crippen molar-refractivity contribution in [3.63, 3.8) is 0 Å². The fourth-order valence-corrected chi connectivity index (χ4v) is 3.30. The highest BCUT2D eigenvalue weighted by Crippen LogP contribution is 2.21. The molecule has 0 amide bonds. The van der Waals surface area contributed by atoms with Gasteiger partial charge in [0.2, 0.25) is 0 Å². The summed E-state index contributed by atoms with van der Waals surface area (Å²) in [7, 11) is 1.83. The van der Waals surface area contributed by atoms with Crippen LogP contribution in [-0.4, -0.2) is 31.6 Å². The molecule has 0 aromatic heterocycles. The quantitative estimate of drug-likeness (QED) is 0.630. The number of hydrogen-bond acceptors (Lipinski definition) is 3. The number of thioether (sulfide) groups is 1. The summed E-state index contributed by atoms with van der Waals surface area (Å²) in [6, 6.07) is 11.3. The molecule has 1 aromatic carbocycles. The molecule has 1 fully saturated rings. The standard InChI is InChI=1S/C15H23NOS/c1-17-14-7-5-6-13(12-14)16-10-11-18-15-8-3-2-4-9-15/h2-4,8-9,13-14,16H,5-7,10-12H2,1H3. The molecule has 1 aliphatic rings. The van der Waals surface area contributed by atoms with Crippen molar-refractivity contribution in [1.29, 1.82) is 0 Å². The van der Waals surface area contributed by atoms with E-state index in [1.165, 1.54) is 30.6 Å². The van der Waals surface area contributed by atoms with Crippen molar-refractivity contribution in [3.8, 4) is 0 Å². The third kappa shape index (κ3) is 4.63. The van der Waals surface area contributed by atoms with Gasteiger partial charge in [-0.15, -0.1) is 11.8 Å². The van der Waals surface area contributed by atoms with Gasteiger partial charge in [0.1, 0.15) is 0 Å². The molecule has 0 radical (unpaired) electrons. The Hall–Kier alpha value is -0.510. The molecule has 0 spiro atoms. The van der Waals surface area contributed by atoms with Crippen molar-refractivity contribution in [2.24, 2.45) is 0 Å². The lowest BCUT2D eigenvalue weighted by atomic mass is 9.93. The molecular formula is C15H23NOS. The Kier molecular flexibility index (Phi) is 6.05. The van der Waals surface area contributed by atoms with E-state index in [1.807, 2.05) is 18.9 Å². The van der Waals surface area contributed by atoms with Crippen LogP contribution in [0.3, 0.4) is 0 Å². The third-order valence-electron chi connectivity index (χ3n) is 3.51. The number of hydrogen-bond donors (Lipinski definition) is 1. The van der Waals surface area contributed by atoms with Gasteiger partial charge in [-0.1, -0.05) is 18.2 Å². The summed E-state index contributed by atoms with van der Waals surface area (Å²) in [5.41, 5.74) is 0. The number of ether oxygens (including phenoxy) is 1. The number of nitrogens with one attached hydrogen (secondary N) is 1. The molecule has 1 aromatic rings. The zero-order valence-electron chi connectivity index (χ0n) is 11.1. The van der Waals surface area contributed by atoms with E-state index in [9.17, 15) is 0 Å². The van der Waals surface area contributed by atoms with Crippen molar-refractivity contribution >= 4 is 11.8 Å².